The Bertz CT molecular complexity index is 226. The van der Waals surface area contributed by atoms with Crippen LogP contribution in [0.1, 0.15) is 27.2 Å². The Labute approximate surface area is 85.9 Å². The number of hydrogen-bond acceptors (Lipinski definition) is 2. The van der Waals surface area contributed by atoms with Crippen LogP contribution in [-0.4, -0.2) is 26.1 Å². The number of nitrogens with one attached hydrogen (secondary N) is 1. The Morgan fingerprint density at radius 2 is 1.85 bits per heavy atom. The lowest BCUT2D eigenvalue weighted by atomic mass is 10.1. The first-order valence-corrected chi connectivity index (χ1v) is 6.52. The first kappa shape index (κ1) is 13.2. The SMILES string of the molecule is CC(CCCl)CNS(=O)(=O)C(C)C. The molecule has 0 aromatic rings. The molecule has 0 aliphatic carbocycles. The summed E-state index contributed by atoms with van der Waals surface area (Å²) in [6, 6.07) is 0. The van der Waals surface area contributed by atoms with Crippen molar-refractivity contribution < 1.29 is 8.42 Å². The van der Waals surface area contributed by atoms with Gasteiger partial charge in [-0.15, -0.1) is 11.6 Å². The van der Waals surface area contributed by atoms with Crippen LogP contribution in [0.4, 0.5) is 0 Å². The lowest BCUT2D eigenvalue weighted by Crippen LogP contribution is -2.34. The van der Waals surface area contributed by atoms with Crippen molar-refractivity contribution in [1.29, 1.82) is 0 Å². The molecular formula is C8H18ClNO2S. The summed E-state index contributed by atoms with van der Waals surface area (Å²) in [6.45, 7) is 5.78. The summed E-state index contributed by atoms with van der Waals surface area (Å²) in [5.41, 5.74) is 0. The summed E-state index contributed by atoms with van der Waals surface area (Å²) >= 11 is 5.53. The summed E-state index contributed by atoms with van der Waals surface area (Å²) in [6.07, 6.45) is 0.835. The van der Waals surface area contributed by atoms with Gasteiger partial charge in [-0.3, -0.25) is 0 Å². The number of halogens is 1. The Morgan fingerprint density at radius 1 is 1.31 bits per heavy atom. The van der Waals surface area contributed by atoms with Crippen LogP contribution in [0.25, 0.3) is 0 Å². The zero-order valence-corrected chi connectivity index (χ0v) is 9.95. The van der Waals surface area contributed by atoms with E-state index in [1.165, 1.54) is 0 Å². The molecule has 0 spiro atoms. The van der Waals surface area contributed by atoms with Crippen LogP contribution in [0.2, 0.25) is 0 Å². The van der Waals surface area contributed by atoms with E-state index in [1.807, 2.05) is 6.92 Å². The van der Waals surface area contributed by atoms with Gasteiger partial charge in [-0.1, -0.05) is 6.92 Å². The van der Waals surface area contributed by atoms with E-state index in [4.69, 9.17) is 11.6 Å². The highest BCUT2D eigenvalue weighted by molar-refractivity contribution is 7.90. The molecule has 0 saturated heterocycles. The van der Waals surface area contributed by atoms with Crippen molar-refractivity contribution in [1.82, 2.24) is 4.72 Å². The highest BCUT2D eigenvalue weighted by Gasteiger charge is 2.15. The summed E-state index contributed by atoms with van der Waals surface area (Å²) in [4.78, 5) is 0. The molecule has 1 atom stereocenters. The fraction of sp³-hybridized carbons (Fsp3) is 1.00. The third-order valence-corrected chi connectivity index (χ3v) is 3.88. The predicted molar refractivity (Wildman–Crippen MR) is 56.6 cm³/mol. The molecule has 0 amide bonds. The van der Waals surface area contributed by atoms with Crippen LogP contribution >= 0.6 is 11.6 Å². The van der Waals surface area contributed by atoms with Gasteiger partial charge >= 0.3 is 0 Å². The zero-order chi connectivity index (χ0) is 10.5. The normalized spacial score (nSPS) is 14.8. The summed E-state index contributed by atoms with van der Waals surface area (Å²) in [7, 11) is -3.10. The van der Waals surface area contributed by atoms with Gasteiger partial charge in [0.15, 0.2) is 0 Å². The molecule has 13 heavy (non-hydrogen) atoms. The van der Waals surface area contributed by atoms with Crippen LogP contribution in [0.15, 0.2) is 0 Å². The number of rotatable bonds is 6. The van der Waals surface area contributed by atoms with E-state index in [0.717, 1.165) is 6.42 Å². The highest BCUT2D eigenvalue weighted by Crippen LogP contribution is 2.03. The van der Waals surface area contributed by atoms with E-state index in [1.54, 1.807) is 13.8 Å². The van der Waals surface area contributed by atoms with E-state index in [-0.39, 0.29) is 5.25 Å². The van der Waals surface area contributed by atoms with Crippen molar-refractivity contribution in [3.8, 4) is 0 Å². The van der Waals surface area contributed by atoms with Gasteiger partial charge in [0.2, 0.25) is 10.0 Å². The van der Waals surface area contributed by atoms with Crippen molar-refractivity contribution in [2.45, 2.75) is 32.4 Å². The molecule has 0 fully saturated rings. The molecule has 0 aliphatic heterocycles. The highest BCUT2D eigenvalue weighted by atomic mass is 35.5. The first-order valence-electron chi connectivity index (χ1n) is 4.44. The largest absolute Gasteiger partial charge is 0.215 e. The Morgan fingerprint density at radius 3 is 2.23 bits per heavy atom. The van der Waals surface area contributed by atoms with Crippen molar-refractivity contribution in [3.05, 3.63) is 0 Å². The summed E-state index contributed by atoms with van der Waals surface area (Å²) in [5.74, 6) is 0.871. The van der Waals surface area contributed by atoms with Crippen molar-refractivity contribution in [3.63, 3.8) is 0 Å². The van der Waals surface area contributed by atoms with Gasteiger partial charge in [0.25, 0.3) is 0 Å². The maximum absolute atomic E-state index is 11.3. The lowest BCUT2D eigenvalue weighted by Gasteiger charge is -2.13. The molecular weight excluding hydrogens is 210 g/mol. The second-order valence-corrected chi connectivity index (χ2v) is 6.22. The second-order valence-electron chi connectivity index (χ2n) is 3.53. The van der Waals surface area contributed by atoms with Gasteiger partial charge in [-0.2, -0.15) is 0 Å². The average molecular weight is 228 g/mol. The smallest absolute Gasteiger partial charge is 0.213 e. The van der Waals surface area contributed by atoms with Crippen LogP contribution in [0, 0.1) is 5.92 Å². The van der Waals surface area contributed by atoms with Crippen molar-refractivity contribution >= 4 is 21.6 Å². The van der Waals surface area contributed by atoms with Crippen LogP contribution in [0.5, 0.6) is 0 Å². The molecule has 0 heterocycles. The molecule has 0 bridgehead atoms. The maximum atomic E-state index is 11.3. The fourth-order valence-electron chi connectivity index (χ4n) is 0.713. The van der Waals surface area contributed by atoms with Gasteiger partial charge in [-0.05, 0) is 26.2 Å². The molecule has 0 rings (SSSR count). The Kier molecular flexibility index (Phi) is 5.92. The fourth-order valence-corrected chi connectivity index (χ4v) is 1.94. The van der Waals surface area contributed by atoms with E-state index in [2.05, 4.69) is 4.72 Å². The van der Waals surface area contributed by atoms with Gasteiger partial charge in [0.05, 0.1) is 5.25 Å². The van der Waals surface area contributed by atoms with E-state index < -0.39 is 10.0 Å². The minimum absolute atomic E-state index is 0.297. The van der Waals surface area contributed by atoms with E-state index >= 15 is 0 Å². The molecule has 3 nitrogen and oxygen atoms in total. The van der Waals surface area contributed by atoms with Gasteiger partial charge in [0.1, 0.15) is 0 Å². The molecule has 0 aromatic heterocycles. The molecule has 80 valence electrons. The van der Waals surface area contributed by atoms with E-state index in [0.29, 0.717) is 18.3 Å². The van der Waals surface area contributed by atoms with Gasteiger partial charge in [-0.25, -0.2) is 13.1 Å². The van der Waals surface area contributed by atoms with Crippen LogP contribution in [-0.2, 0) is 10.0 Å². The topological polar surface area (TPSA) is 46.2 Å². The van der Waals surface area contributed by atoms with E-state index in [9.17, 15) is 8.42 Å². The second kappa shape index (κ2) is 5.83. The molecule has 0 aliphatic rings. The summed E-state index contributed by atoms with van der Waals surface area (Å²) < 4.78 is 25.1. The average Bonchev–Trinajstić information content (AvgIpc) is 2.01. The Balaban J connectivity index is 3.89. The molecule has 0 saturated carbocycles. The molecule has 1 unspecified atom stereocenters. The quantitative estimate of drug-likeness (QED) is 0.701. The number of hydrogen-bond donors (Lipinski definition) is 1. The van der Waals surface area contributed by atoms with Gasteiger partial charge in [0, 0.05) is 12.4 Å². The van der Waals surface area contributed by atoms with Crippen LogP contribution in [0.3, 0.4) is 0 Å². The third kappa shape index (κ3) is 5.49. The molecule has 5 heteroatoms. The minimum atomic E-state index is -3.10. The zero-order valence-electron chi connectivity index (χ0n) is 8.38. The monoisotopic (exact) mass is 227 g/mol. The lowest BCUT2D eigenvalue weighted by molar-refractivity contribution is 0.525. The van der Waals surface area contributed by atoms with Crippen molar-refractivity contribution in [2.75, 3.05) is 12.4 Å². The number of sulfonamides is 1. The molecule has 0 radical (unpaired) electrons. The third-order valence-electron chi connectivity index (χ3n) is 1.86. The molecule has 1 N–H and O–H groups in total. The predicted octanol–water partition coefficient (Wildman–Crippen LogP) is 1.58. The minimum Gasteiger partial charge on any atom is -0.215 e. The van der Waals surface area contributed by atoms with Crippen LogP contribution < -0.4 is 4.72 Å². The summed E-state index contributed by atoms with van der Waals surface area (Å²) in [5, 5.41) is -0.365. The molecule has 0 aromatic carbocycles. The number of alkyl halides is 1. The maximum Gasteiger partial charge on any atom is 0.213 e. The van der Waals surface area contributed by atoms with Gasteiger partial charge < -0.3 is 0 Å². The standard InChI is InChI=1S/C8H18ClNO2S/c1-7(2)13(11,12)10-6-8(3)4-5-9/h7-8,10H,4-6H2,1-3H3. The van der Waals surface area contributed by atoms with Crippen molar-refractivity contribution in [2.24, 2.45) is 5.92 Å². The first-order chi connectivity index (χ1) is 5.90. The Hall–Kier alpha value is 0.200.